The Morgan fingerprint density at radius 2 is 2.50 bits per heavy atom. The van der Waals surface area contributed by atoms with E-state index in [1.165, 1.54) is 10.4 Å². The largest absolute Gasteiger partial charge is 0.398 e. The fourth-order valence-electron chi connectivity index (χ4n) is 1.18. The maximum atomic E-state index is 5.72. The first kappa shape index (κ1) is 6.19. The molecule has 1 aliphatic rings. The second kappa shape index (κ2) is 2.25. The number of nitrogens with two attached hydrogens (primary N) is 1. The average Bonchev–Trinajstić information content (AvgIpc) is 2.34. The Balaban J connectivity index is 2.45. The van der Waals surface area contributed by atoms with Crippen molar-refractivity contribution in [2.45, 2.75) is 13.0 Å². The summed E-state index contributed by atoms with van der Waals surface area (Å²) in [5, 5.41) is 2.00. The Labute approximate surface area is 63.6 Å². The standard InChI is InChI=1S/C7H9NOS/c8-6-4-10-7-3-9-2-1-5(6)7/h4H,1-3,8H2. The normalized spacial score (nSPS) is 16.8. The lowest BCUT2D eigenvalue weighted by Gasteiger charge is -2.11. The van der Waals surface area contributed by atoms with E-state index in [0.29, 0.717) is 0 Å². The van der Waals surface area contributed by atoms with E-state index < -0.39 is 0 Å². The zero-order chi connectivity index (χ0) is 6.97. The predicted octanol–water partition coefficient (Wildman–Crippen LogP) is 1.40. The van der Waals surface area contributed by atoms with Gasteiger partial charge in [-0.3, -0.25) is 0 Å². The fourth-order valence-corrected chi connectivity index (χ4v) is 2.11. The molecule has 0 amide bonds. The first-order valence-electron chi connectivity index (χ1n) is 3.30. The molecular weight excluding hydrogens is 146 g/mol. The molecule has 0 aliphatic carbocycles. The van der Waals surface area contributed by atoms with Gasteiger partial charge in [0.05, 0.1) is 13.2 Å². The minimum absolute atomic E-state index is 0.761. The molecule has 2 rings (SSSR count). The minimum Gasteiger partial charge on any atom is -0.398 e. The van der Waals surface area contributed by atoms with Gasteiger partial charge in [0.2, 0.25) is 0 Å². The first-order valence-corrected chi connectivity index (χ1v) is 4.18. The summed E-state index contributed by atoms with van der Waals surface area (Å²) in [6, 6.07) is 0. The molecule has 0 bridgehead atoms. The summed E-state index contributed by atoms with van der Waals surface area (Å²) in [5.41, 5.74) is 7.98. The third-order valence-electron chi connectivity index (χ3n) is 1.74. The van der Waals surface area contributed by atoms with Crippen molar-refractivity contribution in [2.75, 3.05) is 12.3 Å². The van der Waals surface area contributed by atoms with E-state index in [4.69, 9.17) is 10.5 Å². The lowest BCUT2D eigenvalue weighted by molar-refractivity contribution is 0.114. The van der Waals surface area contributed by atoms with Gasteiger partial charge >= 0.3 is 0 Å². The molecule has 10 heavy (non-hydrogen) atoms. The van der Waals surface area contributed by atoms with Gasteiger partial charge in [0.15, 0.2) is 0 Å². The van der Waals surface area contributed by atoms with Crippen molar-refractivity contribution in [3.8, 4) is 0 Å². The molecule has 0 fully saturated rings. The molecule has 1 aliphatic heterocycles. The average molecular weight is 155 g/mol. The predicted molar refractivity (Wildman–Crippen MR) is 42.1 cm³/mol. The van der Waals surface area contributed by atoms with Crippen LogP contribution in [0.3, 0.4) is 0 Å². The van der Waals surface area contributed by atoms with E-state index in [1.54, 1.807) is 11.3 Å². The van der Waals surface area contributed by atoms with Crippen LogP contribution in [0.1, 0.15) is 10.4 Å². The van der Waals surface area contributed by atoms with Gasteiger partial charge in [-0.1, -0.05) is 0 Å². The number of ether oxygens (including phenoxy) is 1. The highest BCUT2D eigenvalue weighted by molar-refractivity contribution is 7.10. The van der Waals surface area contributed by atoms with Gasteiger partial charge < -0.3 is 10.5 Å². The van der Waals surface area contributed by atoms with Gasteiger partial charge in [-0.2, -0.15) is 0 Å². The minimum atomic E-state index is 0.761. The van der Waals surface area contributed by atoms with E-state index in [9.17, 15) is 0 Å². The topological polar surface area (TPSA) is 35.2 Å². The van der Waals surface area contributed by atoms with Gasteiger partial charge in [0, 0.05) is 15.9 Å². The van der Waals surface area contributed by atoms with Crippen molar-refractivity contribution in [3.63, 3.8) is 0 Å². The van der Waals surface area contributed by atoms with Crippen LogP contribution < -0.4 is 5.73 Å². The third kappa shape index (κ3) is 0.822. The number of hydrogen-bond donors (Lipinski definition) is 1. The lowest BCUT2D eigenvalue weighted by Crippen LogP contribution is -2.08. The van der Waals surface area contributed by atoms with Crippen LogP contribution in [-0.4, -0.2) is 6.61 Å². The maximum absolute atomic E-state index is 5.72. The molecule has 2 nitrogen and oxygen atoms in total. The number of thiophene rings is 1. The second-order valence-electron chi connectivity index (χ2n) is 2.40. The molecule has 2 N–H and O–H groups in total. The molecule has 2 heterocycles. The van der Waals surface area contributed by atoms with Crippen LogP contribution in [0, 0.1) is 0 Å². The first-order chi connectivity index (χ1) is 4.88. The molecule has 0 unspecified atom stereocenters. The van der Waals surface area contributed by atoms with Crippen molar-refractivity contribution in [1.82, 2.24) is 0 Å². The second-order valence-corrected chi connectivity index (χ2v) is 3.36. The zero-order valence-electron chi connectivity index (χ0n) is 5.59. The fraction of sp³-hybridized carbons (Fsp3) is 0.429. The molecular formula is C7H9NOS. The van der Waals surface area contributed by atoms with E-state index in [0.717, 1.165) is 25.3 Å². The Bertz CT molecular complexity index is 244. The van der Waals surface area contributed by atoms with Crippen LogP contribution in [0.15, 0.2) is 5.38 Å². The Hall–Kier alpha value is -0.540. The molecule has 3 heteroatoms. The quantitative estimate of drug-likeness (QED) is 0.614. The number of hydrogen-bond acceptors (Lipinski definition) is 3. The van der Waals surface area contributed by atoms with Crippen molar-refractivity contribution in [2.24, 2.45) is 0 Å². The van der Waals surface area contributed by atoms with Crippen molar-refractivity contribution in [1.29, 1.82) is 0 Å². The van der Waals surface area contributed by atoms with Crippen LogP contribution in [0.25, 0.3) is 0 Å². The molecule has 1 aromatic rings. The van der Waals surface area contributed by atoms with Gasteiger partial charge in [0.1, 0.15) is 0 Å². The Kier molecular flexibility index (Phi) is 1.39. The van der Waals surface area contributed by atoms with Gasteiger partial charge in [-0.15, -0.1) is 11.3 Å². The lowest BCUT2D eigenvalue weighted by atomic mass is 10.1. The SMILES string of the molecule is Nc1csc2c1CCOC2. The molecule has 0 spiro atoms. The highest BCUT2D eigenvalue weighted by atomic mass is 32.1. The zero-order valence-corrected chi connectivity index (χ0v) is 6.41. The summed E-state index contributed by atoms with van der Waals surface area (Å²) in [4.78, 5) is 1.31. The highest BCUT2D eigenvalue weighted by Gasteiger charge is 2.13. The molecule has 0 atom stereocenters. The Morgan fingerprint density at radius 3 is 3.30 bits per heavy atom. The van der Waals surface area contributed by atoms with E-state index >= 15 is 0 Å². The monoisotopic (exact) mass is 155 g/mol. The molecule has 0 saturated heterocycles. The third-order valence-corrected chi connectivity index (χ3v) is 2.76. The van der Waals surface area contributed by atoms with E-state index in [-0.39, 0.29) is 0 Å². The summed E-state index contributed by atoms with van der Waals surface area (Å²) in [6.45, 7) is 1.59. The van der Waals surface area contributed by atoms with Crippen LogP contribution in [-0.2, 0) is 17.8 Å². The summed E-state index contributed by atoms with van der Waals surface area (Å²) in [6.07, 6.45) is 0.991. The summed E-state index contributed by atoms with van der Waals surface area (Å²) >= 11 is 1.70. The highest BCUT2D eigenvalue weighted by Crippen LogP contribution is 2.28. The summed E-state index contributed by atoms with van der Waals surface area (Å²) in [5.74, 6) is 0. The smallest absolute Gasteiger partial charge is 0.0813 e. The molecule has 0 radical (unpaired) electrons. The van der Waals surface area contributed by atoms with Crippen LogP contribution in [0.5, 0.6) is 0 Å². The van der Waals surface area contributed by atoms with Gasteiger partial charge in [0.25, 0.3) is 0 Å². The molecule has 0 saturated carbocycles. The number of anilines is 1. The van der Waals surface area contributed by atoms with Crippen molar-refractivity contribution < 1.29 is 4.74 Å². The number of nitrogen functional groups attached to an aromatic ring is 1. The van der Waals surface area contributed by atoms with Gasteiger partial charge in [-0.25, -0.2) is 0 Å². The summed E-state index contributed by atoms with van der Waals surface area (Å²) in [7, 11) is 0. The summed E-state index contributed by atoms with van der Waals surface area (Å²) < 4.78 is 5.26. The van der Waals surface area contributed by atoms with Gasteiger partial charge in [-0.05, 0) is 12.0 Å². The molecule has 1 aromatic heterocycles. The number of fused-ring (bicyclic) bond motifs is 1. The molecule has 0 aromatic carbocycles. The number of rotatable bonds is 0. The Morgan fingerprint density at radius 1 is 1.60 bits per heavy atom. The van der Waals surface area contributed by atoms with Crippen LogP contribution in [0.2, 0.25) is 0 Å². The van der Waals surface area contributed by atoms with E-state index in [2.05, 4.69) is 0 Å². The maximum Gasteiger partial charge on any atom is 0.0813 e. The van der Waals surface area contributed by atoms with E-state index in [1.807, 2.05) is 5.38 Å². The van der Waals surface area contributed by atoms with Crippen LogP contribution >= 0.6 is 11.3 Å². The van der Waals surface area contributed by atoms with Crippen molar-refractivity contribution in [3.05, 3.63) is 15.8 Å². The van der Waals surface area contributed by atoms with Crippen LogP contribution in [0.4, 0.5) is 5.69 Å². The molecule has 54 valence electrons. The van der Waals surface area contributed by atoms with Crippen molar-refractivity contribution >= 4 is 17.0 Å².